The Morgan fingerprint density at radius 3 is 2.68 bits per heavy atom. The Morgan fingerprint density at radius 2 is 1.95 bits per heavy atom. The molecule has 5 nitrogen and oxygen atoms in total. The molecule has 22 heavy (non-hydrogen) atoms. The Kier molecular flexibility index (Phi) is 3.70. The summed E-state index contributed by atoms with van der Waals surface area (Å²) in [6.07, 6.45) is 1.59. The number of H-pyrrole nitrogens is 1. The maximum atomic E-state index is 12.7. The van der Waals surface area contributed by atoms with Gasteiger partial charge >= 0.3 is 5.97 Å². The number of hydrogen-bond donors (Lipinski definition) is 1. The van der Waals surface area contributed by atoms with Gasteiger partial charge in [-0.3, -0.25) is 4.79 Å². The van der Waals surface area contributed by atoms with Crippen molar-refractivity contribution in [3.63, 3.8) is 0 Å². The van der Waals surface area contributed by atoms with E-state index in [0.717, 1.165) is 5.56 Å². The van der Waals surface area contributed by atoms with Crippen molar-refractivity contribution in [2.75, 3.05) is 6.61 Å². The van der Waals surface area contributed by atoms with Crippen molar-refractivity contribution in [2.24, 2.45) is 0 Å². The third kappa shape index (κ3) is 2.37. The summed E-state index contributed by atoms with van der Waals surface area (Å²) in [5.41, 5.74) is 1.23. The molecular formula is C17H14N2O3. The van der Waals surface area contributed by atoms with Crippen molar-refractivity contribution in [3.05, 3.63) is 64.4 Å². The van der Waals surface area contributed by atoms with Crippen LogP contribution in [0.5, 0.6) is 0 Å². The summed E-state index contributed by atoms with van der Waals surface area (Å²) in [7, 11) is 0. The highest BCUT2D eigenvalue weighted by Crippen LogP contribution is 2.22. The molecule has 0 amide bonds. The second kappa shape index (κ2) is 5.81. The number of pyridine rings is 2. The lowest BCUT2D eigenvalue weighted by Crippen LogP contribution is -2.20. The second-order valence-electron chi connectivity index (χ2n) is 4.69. The van der Waals surface area contributed by atoms with Crippen molar-refractivity contribution in [1.29, 1.82) is 0 Å². The summed E-state index contributed by atoms with van der Waals surface area (Å²) in [4.78, 5) is 32.2. The minimum atomic E-state index is -0.631. The highest BCUT2D eigenvalue weighted by atomic mass is 16.5. The molecule has 110 valence electrons. The van der Waals surface area contributed by atoms with E-state index in [-0.39, 0.29) is 17.6 Å². The summed E-state index contributed by atoms with van der Waals surface area (Å²) in [6.45, 7) is 1.91. The molecule has 0 fully saturated rings. The smallest absolute Gasteiger partial charge is 0.344 e. The summed E-state index contributed by atoms with van der Waals surface area (Å²) in [5, 5.41) is 0.366. The summed E-state index contributed by atoms with van der Waals surface area (Å²) >= 11 is 0. The zero-order valence-corrected chi connectivity index (χ0v) is 12.0. The van der Waals surface area contributed by atoms with Crippen LogP contribution in [0, 0.1) is 0 Å². The van der Waals surface area contributed by atoms with Crippen LogP contribution in [-0.2, 0) is 4.74 Å². The normalized spacial score (nSPS) is 10.6. The van der Waals surface area contributed by atoms with Crippen LogP contribution < -0.4 is 5.43 Å². The van der Waals surface area contributed by atoms with Crippen molar-refractivity contribution in [1.82, 2.24) is 9.97 Å². The molecule has 0 unspecified atom stereocenters. The first-order valence-electron chi connectivity index (χ1n) is 6.96. The van der Waals surface area contributed by atoms with Crippen molar-refractivity contribution in [3.8, 4) is 11.3 Å². The van der Waals surface area contributed by atoms with E-state index in [1.165, 1.54) is 0 Å². The Bertz CT molecular complexity index is 885. The molecule has 3 rings (SSSR count). The number of aromatic nitrogens is 2. The van der Waals surface area contributed by atoms with Crippen LogP contribution in [0.4, 0.5) is 0 Å². The molecule has 0 bridgehead atoms. The van der Waals surface area contributed by atoms with Crippen LogP contribution in [0.1, 0.15) is 17.3 Å². The monoisotopic (exact) mass is 294 g/mol. The number of hydrogen-bond acceptors (Lipinski definition) is 4. The average Bonchev–Trinajstić information content (AvgIpc) is 2.55. The lowest BCUT2D eigenvalue weighted by Gasteiger charge is -2.10. The first kappa shape index (κ1) is 14.0. The molecule has 2 heterocycles. The van der Waals surface area contributed by atoms with E-state index in [2.05, 4.69) is 9.97 Å². The molecule has 1 aromatic carbocycles. The van der Waals surface area contributed by atoms with Gasteiger partial charge in [0.25, 0.3) is 0 Å². The Morgan fingerprint density at radius 1 is 1.18 bits per heavy atom. The van der Waals surface area contributed by atoms with Gasteiger partial charge in [-0.15, -0.1) is 0 Å². The van der Waals surface area contributed by atoms with E-state index >= 15 is 0 Å². The first-order valence-corrected chi connectivity index (χ1v) is 6.96. The van der Waals surface area contributed by atoms with Crippen molar-refractivity contribution in [2.45, 2.75) is 6.92 Å². The Hall–Kier alpha value is -2.95. The number of carbonyl (C=O) groups excluding carboxylic acids is 1. The van der Waals surface area contributed by atoms with Gasteiger partial charge in [0, 0.05) is 6.20 Å². The average molecular weight is 294 g/mol. The molecule has 0 atom stereocenters. The van der Waals surface area contributed by atoms with Gasteiger partial charge < -0.3 is 9.72 Å². The number of nitrogens with one attached hydrogen (secondary N) is 1. The third-order valence-electron chi connectivity index (χ3n) is 3.31. The summed E-state index contributed by atoms with van der Waals surface area (Å²) in [5.74, 6) is -0.631. The van der Waals surface area contributed by atoms with Crippen LogP contribution in [0.25, 0.3) is 22.3 Å². The number of benzene rings is 1. The molecular weight excluding hydrogens is 280 g/mol. The molecule has 2 aromatic heterocycles. The lowest BCUT2D eigenvalue weighted by molar-refractivity contribution is 0.0525. The molecule has 5 heteroatoms. The maximum Gasteiger partial charge on any atom is 0.344 e. The van der Waals surface area contributed by atoms with Crippen LogP contribution in [-0.4, -0.2) is 22.5 Å². The third-order valence-corrected chi connectivity index (χ3v) is 3.31. The molecule has 0 aliphatic carbocycles. The zero-order chi connectivity index (χ0) is 15.5. The van der Waals surface area contributed by atoms with E-state index < -0.39 is 5.97 Å². The number of carbonyl (C=O) groups is 1. The van der Waals surface area contributed by atoms with Crippen molar-refractivity contribution < 1.29 is 9.53 Å². The van der Waals surface area contributed by atoms with Crippen LogP contribution >= 0.6 is 0 Å². The number of rotatable bonds is 3. The van der Waals surface area contributed by atoms with Gasteiger partial charge in [-0.2, -0.15) is 0 Å². The molecule has 0 aliphatic rings. The van der Waals surface area contributed by atoms with Gasteiger partial charge in [-0.25, -0.2) is 9.78 Å². The molecule has 0 radical (unpaired) electrons. The number of aromatic amines is 1. The molecule has 0 saturated heterocycles. The first-order chi connectivity index (χ1) is 10.7. The number of esters is 1. The van der Waals surface area contributed by atoms with Gasteiger partial charge in [-0.05, 0) is 24.6 Å². The SMILES string of the molecule is CCOC(=O)c1c(-c2ccccc2)[nH]c2ncccc2c1=O. The summed E-state index contributed by atoms with van der Waals surface area (Å²) in [6, 6.07) is 12.5. The number of nitrogens with zero attached hydrogens (tertiary/aromatic N) is 1. The highest BCUT2D eigenvalue weighted by Gasteiger charge is 2.21. The van der Waals surface area contributed by atoms with Gasteiger partial charge in [0.1, 0.15) is 11.2 Å². The van der Waals surface area contributed by atoms with Gasteiger partial charge in [0.2, 0.25) is 5.43 Å². The van der Waals surface area contributed by atoms with Crippen molar-refractivity contribution >= 4 is 17.0 Å². The lowest BCUT2D eigenvalue weighted by atomic mass is 10.0. The fourth-order valence-corrected chi connectivity index (χ4v) is 2.34. The minimum Gasteiger partial charge on any atom is -0.462 e. The van der Waals surface area contributed by atoms with Crippen LogP contribution in [0.3, 0.4) is 0 Å². The predicted molar refractivity (Wildman–Crippen MR) is 83.8 cm³/mol. The number of ether oxygens (including phenoxy) is 1. The Labute approximate surface area is 126 Å². The topological polar surface area (TPSA) is 72.1 Å². The van der Waals surface area contributed by atoms with Gasteiger partial charge in [0.05, 0.1) is 17.7 Å². The number of fused-ring (bicyclic) bond motifs is 1. The largest absolute Gasteiger partial charge is 0.462 e. The van der Waals surface area contributed by atoms with E-state index in [0.29, 0.717) is 16.7 Å². The molecule has 1 N–H and O–H groups in total. The molecule has 3 aromatic rings. The standard InChI is InChI=1S/C17H14N2O3/c1-2-22-17(21)13-14(11-7-4-3-5-8-11)19-16-12(15(13)20)9-6-10-18-16/h3-10H,2H2,1H3,(H,18,19,20). The molecule has 0 saturated carbocycles. The fourth-order valence-electron chi connectivity index (χ4n) is 2.34. The minimum absolute atomic E-state index is 0.00792. The molecule has 0 aliphatic heterocycles. The van der Waals surface area contributed by atoms with E-state index in [1.54, 1.807) is 25.3 Å². The zero-order valence-electron chi connectivity index (χ0n) is 12.0. The van der Waals surface area contributed by atoms with E-state index in [1.807, 2.05) is 30.3 Å². The van der Waals surface area contributed by atoms with Gasteiger partial charge in [-0.1, -0.05) is 30.3 Å². The highest BCUT2D eigenvalue weighted by molar-refractivity contribution is 5.99. The van der Waals surface area contributed by atoms with Crippen LogP contribution in [0.15, 0.2) is 53.5 Å². The van der Waals surface area contributed by atoms with E-state index in [9.17, 15) is 9.59 Å². The second-order valence-corrected chi connectivity index (χ2v) is 4.69. The Balaban J connectivity index is 2.36. The fraction of sp³-hybridized carbons (Fsp3) is 0.118. The molecule has 0 spiro atoms. The van der Waals surface area contributed by atoms with E-state index in [4.69, 9.17) is 4.74 Å². The predicted octanol–water partition coefficient (Wildman–Crippen LogP) is 2.77. The van der Waals surface area contributed by atoms with Crippen LogP contribution in [0.2, 0.25) is 0 Å². The summed E-state index contributed by atoms with van der Waals surface area (Å²) < 4.78 is 5.04. The maximum absolute atomic E-state index is 12.7. The quantitative estimate of drug-likeness (QED) is 0.754. The van der Waals surface area contributed by atoms with Gasteiger partial charge in [0.15, 0.2) is 0 Å².